The van der Waals surface area contributed by atoms with Crippen LogP contribution in [0.15, 0.2) is 11.6 Å². The Morgan fingerprint density at radius 1 is 1.03 bits per heavy atom. The van der Waals surface area contributed by atoms with Gasteiger partial charge >= 0.3 is 0 Å². The molecule has 3 unspecified atom stereocenters. The van der Waals surface area contributed by atoms with Gasteiger partial charge in [-0.25, -0.2) is 0 Å². The molecule has 4 aliphatic carbocycles. The Balaban J connectivity index is 1.28. The summed E-state index contributed by atoms with van der Waals surface area (Å²) >= 11 is 0. The minimum atomic E-state index is -0.294. The highest BCUT2D eigenvalue weighted by Gasteiger charge is 2.68. The number of ether oxygens (including phenoxy) is 2. The van der Waals surface area contributed by atoms with Gasteiger partial charge in [0.1, 0.15) is 0 Å². The molecule has 2 heterocycles. The fraction of sp³-hybridized carbons (Fsp3) is 0.926. The Morgan fingerprint density at radius 2 is 1.87 bits per heavy atom. The molecular formula is C27H42O3. The van der Waals surface area contributed by atoms with E-state index < -0.39 is 0 Å². The van der Waals surface area contributed by atoms with Crippen LogP contribution in [0.1, 0.15) is 85.5 Å². The van der Waals surface area contributed by atoms with Crippen molar-refractivity contribution in [1.29, 1.82) is 0 Å². The molecule has 6 rings (SSSR count). The van der Waals surface area contributed by atoms with Gasteiger partial charge in [-0.15, -0.1) is 0 Å². The Morgan fingerprint density at radius 3 is 2.63 bits per heavy atom. The summed E-state index contributed by atoms with van der Waals surface area (Å²) < 4.78 is 13.3. The zero-order chi connectivity index (χ0) is 20.9. The second kappa shape index (κ2) is 6.58. The minimum Gasteiger partial charge on any atom is -0.393 e. The molecule has 5 fully saturated rings. The van der Waals surface area contributed by atoms with Gasteiger partial charge in [-0.2, -0.15) is 0 Å². The van der Waals surface area contributed by atoms with Gasteiger partial charge < -0.3 is 14.6 Å². The number of rotatable bonds is 0. The van der Waals surface area contributed by atoms with Crippen molar-refractivity contribution in [3.8, 4) is 0 Å². The molecule has 0 aromatic rings. The van der Waals surface area contributed by atoms with E-state index in [2.05, 4.69) is 33.8 Å². The molecule has 6 aliphatic rings. The first-order chi connectivity index (χ1) is 14.3. The molecular weight excluding hydrogens is 372 g/mol. The number of hydrogen-bond acceptors (Lipinski definition) is 3. The normalized spacial score (nSPS) is 59.8. The molecule has 3 heteroatoms. The first kappa shape index (κ1) is 20.2. The molecule has 11 atom stereocenters. The number of hydrogen-bond donors (Lipinski definition) is 1. The lowest BCUT2D eigenvalue weighted by Gasteiger charge is -2.58. The van der Waals surface area contributed by atoms with E-state index in [4.69, 9.17) is 9.47 Å². The molecule has 168 valence electrons. The molecule has 2 aliphatic heterocycles. The average molecular weight is 415 g/mol. The molecule has 3 nitrogen and oxygen atoms in total. The molecule has 2 saturated heterocycles. The van der Waals surface area contributed by atoms with E-state index in [9.17, 15) is 5.11 Å². The zero-order valence-corrected chi connectivity index (χ0v) is 19.5. The van der Waals surface area contributed by atoms with Crippen LogP contribution in [-0.4, -0.2) is 29.7 Å². The monoisotopic (exact) mass is 414 g/mol. The van der Waals surface area contributed by atoms with Crippen LogP contribution in [-0.2, 0) is 9.47 Å². The quantitative estimate of drug-likeness (QED) is 0.516. The third-order valence-corrected chi connectivity index (χ3v) is 11.3. The lowest BCUT2D eigenvalue weighted by Crippen LogP contribution is -2.52. The van der Waals surface area contributed by atoms with Crippen LogP contribution < -0.4 is 0 Å². The summed E-state index contributed by atoms with van der Waals surface area (Å²) in [6, 6.07) is 0. The molecule has 30 heavy (non-hydrogen) atoms. The number of aliphatic hydroxyl groups is 1. The van der Waals surface area contributed by atoms with Gasteiger partial charge in [0.05, 0.1) is 18.8 Å². The Labute approximate surface area is 183 Å². The van der Waals surface area contributed by atoms with Crippen LogP contribution in [0.3, 0.4) is 0 Å². The molecule has 0 aromatic heterocycles. The maximum absolute atomic E-state index is 10.3. The zero-order valence-electron chi connectivity index (χ0n) is 19.5. The van der Waals surface area contributed by atoms with E-state index in [1.807, 2.05) is 0 Å². The lowest BCUT2D eigenvalue weighted by molar-refractivity contribution is -0.272. The van der Waals surface area contributed by atoms with Gasteiger partial charge in [0, 0.05) is 12.3 Å². The van der Waals surface area contributed by atoms with Gasteiger partial charge in [-0.3, -0.25) is 0 Å². The third kappa shape index (κ3) is 2.55. The van der Waals surface area contributed by atoms with Crippen molar-refractivity contribution >= 4 is 0 Å². The smallest absolute Gasteiger partial charge is 0.171 e. The highest BCUT2D eigenvalue weighted by molar-refractivity contribution is 5.26. The molecule has 1 spiro atoms. The summed E-state index contributed by atoms with van der Waals surface area (Å²) in [6.07, 6.45) is 13.5. The fourth-order valence-corrected chi connectivity index (χ4v) is 9.66. The number of allylic oxidation sites excluding steroid dienone is 1. The van der Waals surface area contributed by atoms with Gasteiger partial charge in [-0.05, 0) is 91.8 Å². The highest BCUT2D eigenvalue weighted by atomic mass is 16.7. The van der Waals surface area contributed by atoms with Crippen LogP contribution >= 0.6 is 0 Å². The average Bonchev–Trinajstić information content (AvgIpc) is 3.16. The Hall–Kier alpha value is -0.380. The van der Waals surface area contributed by atoms with E-state index in [0.29, 0.717) is 34.7 Å². The fourth-order valence-electron chi connectivity index (χ4n) is 9.66. The molecule has 0 radical (unpaired) electrons. The minimum absolute atomic E-state index is 0.107. The number of aliphatic hydroxyl groups excluding tert-OH is 1. The maximum Gasteiger partial charge on any atom is 0.171 e. The molecule has 3 saturated carbocycles. The largest absolute Gasteiger partial charge is 0.393 e. The Bertz CT molecular complexity index is 736. The topological polar surface area (TPSA) is 38.7 Å². The SMILES string of the molecule is CC1CCC2(OC1)OC1C[C@H]3[C@@H]4CC=C5C[C@@H](O)CC[C@]5(C)[C@H]4CC[C@]3(C)[C@H]1[C@@H]2C. The van der Waals surface area contributed by atoms with Crippen molar-refractivity contribution in [1.82, 2.24) is 0 Å². The maximum atomic E-state index is 10.3. The lowest BCUT2D eigenvalue weighted by atomic mass is 9.47. The van der Waals surface area contributed by atoms with Gasteiger partial charge in [0.2, 0.25) is 0 Å². The molecule has 0 aromatic carbocycles. The summed E-state index contributed by atoms with van der Waals surface area (Å²) in [4.78, 5) is 0. The van der Waals surface area contributed by atoms with E-state index in [-0.39, 0.29) is 11.9 Å². The summed E-state index contributed by atoms with van der Waals surface area (Å²) in [5, 5.41) is 10.3. The van der Waals surface area contributed by atoms with Gasteiger partial charge in [0.25, 0.3) is 0 Å². The summed E-state index contributed by atoms with van der Waals surface area (Å²) in [5.41, 5.74) is 2.31. The molecule has 1 N–H and O–H groups in total. The summed E-state index contributed by atoms with van der Waals surface area (Å²) in [6.45, 7) is 10.8. The van der Waals surface area contributed by atoms with Crippen LogP contribution in [0.4, 0.5) is 0 Å². The first-order valence-corrected chi connectivity index (χ1v) is 13.0. The van der Waals surface area contributed by atoms with E-state index in [1.54, 1.807) is 5.57 Å². The van der Waals surface area contributed by atoms with Crippen molar-refractivity contribution in [3.63, 3.8) is 0 Å². The van der Waals surface area contributed by atoms with Crippen molar-refractivity contribution in [2.45, 2.75) is 103 Å². The highest BCUT2D eigenvalue weighted by Crippen LogP contribution is 2.70. The van der Waals surface area contributed by atoms with Crippen LogP contribution in [0.5, 0.6) is 0 Å². The first-order valence-electron chi connectivity index (χ1n) is 13.0. The van der Waals surface area contributed by atoms with E-state index >= 15 is 0 Å². The van der Waals surface area contributed by atoms with E-state index in [1.165, 1.54) is 38.5 Å². The second-order valence-electron chi connectivity index (χ2n) is 12.7. The van der Waals surface area contributed by atoms with Crippen molar-refractivity contribution in [2.75, 3.05) is 6.61 Å². The van der Waals surface area contributed by atoms with Gasteiger partial charge in [-0.1, -0.05) is 39.3 Å². The molecule has 0 amide bonds. The summed E-state index contributed by atoms with van der Waals surface area (Å²) in [7, 11) is 0. The predicted molar refractivity (Wildman–Crippen MR) is 118 cm³/mol. The van der Waals surface area contributed by atoms with Crippen LogP contribution in [0, 0.1) is 46.3 Å². The third-order valence-electron chi connectivity index (χ3n) is 11.3. The predicted octanol–water partition coefficient (Wildman–Crippen LogP) is 5.71. The van der Waals surface area contributed by atoms with Crippen molar-refractivity contribution < 1.29 is 14.6 Å². The van der Waals surface area contributed by atoms with Crippen LogP contribution in [0.2, 0.25) is 0 Å². The van der Waals surface area contributed by atoms with E-state index in [0.717, 1.165) is 43.6 Å². The summed E-state index contributed by atoms with van der Waals surface area (Å²) in [5.74, 6) is 3.94. The second-order valence-corrected chi connectivity index (χ2v) is 12.7. The Kier molecular flexibility index (Phi) is 4.44. The van der Waals surface area contributed by atoms with Crippen molar-refractivity contribution in [2.24, 2.45) is 46.3 Å². The van der Waals surface area contributed by atoms with Crippen molar-refractivity contribution in [3.05, 3.63) is 11.6 Å². The standard InChI is InChI=1S/C27H42O3/c1-16-7-12-27(29-15-16)17(2)24-23(30-27)14-22-20-6-5-18-13-19(28)8-10-25(18,3)21(20)9-11-26(22,24)4/h5,16-17,19-24,28H,6-15H2,1-4H3/t16?,17-,19-,20+,21-,22-,23?,24-,25-,26-,27?/m0/s1. The van der Waals surface area contributed by atoms with Gasteiger partial charge in [0.15, 0.2) is 5.79 Å². The van der Waals surface area contributed by atoms with Crippen LogP contribution in [0.25, 0.3) is 0 Å². The number of fused-ring (bicyclic) bond motifs is 7. The molecule has 0 bridgehead atoms.